The largest absolute Gasteiger partial charge is 0.496 e. The van der Waals surface area contributed by atoms with Crippen LogP contribution in [0, 0.1) is 0 Å². The summed E-state index contributed by atoms with van der Waals surface area (Å²) in [6.45, 7) is 1.30. The Hall–Kier alpha value is -2.29. The number of benzene rings is 2. The first-order valence-corrected chi connectivity index (χ1v) is 8.43. The maximum Gasteiger partial charge on any atom is 0.251 e. The predicted octanol–water partition coefficient (Wildman–Crippen LogP) is 2.88. The van der Waals surface area contributed by atoms with Gasteiger partial charge in [0.2, 0.25) is 0 Å². The highest BCUT2D eigenvalue weighted by Gasteiger charge is 2.10. The Balaban J connectivity index is 0.00000364. The summed E-state index contributed by atoms with van der Waals surface area (Å²) in [5.41, 5.74) is 2.81. The Bertz CT molecular complexity index is 763. The van der Waals surface area contributed by atoms with E-state index in [0.29, 0.717) is 18.7 Å². The second-order valence-corrected chi connectivity index (χ2v) is 5.84. The minimum absolute atomic E-state index is 0. The van der Waals surface area contributed by atoms with Gasteiger partial charge in [0.25, 0.3) is 5.91 Å². The maximum atomic E-state index is 11.6. The van der Waals surface area contributed by atoms with Crippen LogP contribution < -0.4 is 15.4 Å². The quantitative estimate of drug-likeness (QED) is 0.378. The highest BCUT2D eigenvalue weighted by molar-refractivity contribution is 14.0. The van der Waals surface area contributed by atoms with Crippen LogP contribution >= 0.6 is 24.0 Å². The number of amides is 1. The topological polar surface area (TPSA) is 66.0 Å². The normalized spacial score (nSPS) is 10.6. The molecule has 2 aromatic rings. The minimum atomic E-state index is -0.0862. The monoisotopic (exact) mass is 482 g/mol. The molecular formula is C20H27IN4O2. The van der Waals surface area contributed by atoms with Gasteiger partial charge in [0, 0.05) is 45.4 Å². The molecule has 0 aromatic heterocycles. The Labute approximate surface area is 178 Å². The Morgan fingerprint density at radius 2 is 1.81 bits per heavy atom. The maximum absolute atomic E-state index is 11.6. The van der Waals surface area contributed by atoms with Gasteiger partial charge in [-0.05, 0) is 23.8 Å². The van der Waals surface area contributed by atoms with Gasteiger partial charge in [0.05, 0.1) is 7.11 Å². The third kappa shape index (κ3) is 6.42. The summed E-state index contributed by atoms with van der Waals surface area (Å²) in [4.78, 5) is 18.0. The van der Waals surface area contributed by atoms with Crippen molar-refractivity contribution in [3.05, 3.63) is 65.2 Å². The second kappa shape index (κ2) is 11.4. The number of guanidine groups is 1. The van der Waals surface area contributed by atoms with Crippen LogP contribution in [0.5, 0.6) is 5.75 Å². The number of nitrogens with one attached hydrogen (secondary N) is 2. The number of rotatable bonds is 6. The molecule has 0 aliphatic heterocycles. The molecule has 0 atom stereocenters. The number of aliphatic imine (C=N–C) groups is 1. The van der Waals surface area contributed by atoms with Crippen molar-refractivity contribution in [3.8, 4) is 5.75 Å². The zero-order valence-electron chi connectivity index (χ0n) is 16.2. The van der Waals surface area contributed by atoms with Crippen molar-refractivity contribution in [2.24, 2.45) is 4.99 Å². The van der Waals surface area contributed by atoms with Crippen molar-refractivity contribution in [2.45, 2.75) is 13.1 Å². The SMILES string of the molecule is CN=C(NCc1ccc(C(=O)NC)cc1)N(C)Cc1ccccc1OC.I. The molecule has 7 heteroatoms. The summed E-state index contributed by atoms with van der Waals surface area (Å²) >= 11 is 0. The van der Waals surface area contributed by atoms with Crippen molar-refractivity contribution in [1.29, 1.82) is 0 Å². The highest BCUT2D eigenvalue weighted by Crippen LogP contribution is 2.18. The van der Waals surface area contributed by atoms with Gasteiger partial charge in [-0.1, -0.05) is 30.3 Å². The lowest BCUT2D eigenvalue weighted by Gasteiger charge is -2.23. The molecule has 0 unspecified atom stereocenters. The fourth-order valence-electron chi connectivity index (χ4n) is 2.65. The van der Waals surface area contributed by atoms with Crippen LogP contribution in [0.4, 0.5) is 0 Å². The summed E-state index contributed by atoms with van der Waals surface area (Å²) in [6.07, 6.45) is 0. The lowest BCUT2D eigenvalue weighted by atomic mass is 10.1. The van der Waals surface area contributed by atoms with E-state index in [1.54, 1.807) is 21.2 Å². The Morgan fingerprint density at radius 1 is 1.15 bits per heavy atom. The molecule has 0 saturated heterocycles. The number of carbonyl (C=O) groups is 1. The molecule has 0 bridgehead atoms. The van der Waals surface area contributed by atoms with Crippen LogP contribution in [0.2, 0.25) is 0 Å². The van der Waals surface area contributed by atoms with Gasteiger partial charge < -0.3 is 20.3 Å². The van der Waals surface area contributed by atoms with Crippen LogP contribution in [0.1, 0.15) is 21.5 Å². The summed E-state index contributed by atoms with van der Waals surface area (Å²) in [6, 6.07) is 15.5. The number of methoxy groups -OCH3 is 1. The molecule has 2 rings (SSSR count). The number of nitrogens with zero attached hydrogens (tertiary/aromatic N) is 2. The first kappa shape index (κ1) is 22.8. The van der Waals surface area contributed by atoms with Crippen molar-refractivity contribution in [1.82, 2.24) is 15.5 Å². The summed E-state index contributed by atoms with van der Waals surface area (Å²) in [5, 5.41) is 5.96. The van der Waals surface area contributed by atoms with Gasteiger partial charge in [-0.25, -0.2) is 0 Å². The first-order valence-electron chi connectivity index (χ1n) is 8.43. The molecule has 0 saturated carbocycles. The van der Waals surface area contributed by atoms with Crippen LogP contribution in [-0.2, 0) is 13.1 Å². The number of ether oxygens (including phenoxy) is 1. The van der Waals surface area contributed by atoms with Crippen LogP contribution in [-0.4, -0.2) is 45.0 Å². The van der Waals surface area contributed by atoms with Crippen molar-refractivity contribution >= 4 is 35.8 Å². The molecule has 0 radical (unpaired) electrons. The molecular weight excluding hydrogens is 455 g/mol. The summed E-state index contributed by atoms with van der Waals surface area (Å²) in [5.74, 6) is 1.56. The van der Waals surface area contributed by atoms with Gasteiger partial charge in [-0.2, -0.15) is 0 Å². The molecule has 27 heavy (non-hydrogen) atoms. The van der Waals surface area contributed by atoms with E-state index in [1.807, 2.05) is 60.5 Å². The third-order valence-corrected chi connectivity index (χ3v) is 4.07. The van der Waals surface area contributed by atoms with E-state index in [4.69, 9.17) is 4.74 Å². The molecule has 0 heterocycles. The number of hydrogen-bond acceptors (Lipinski definition) is 3. The van der Waals surface area contributed by atoms with Gasteiger partial charge >= 0.3 is 0 Å². The first-order chi connectivity index (χ1) is 12.6. The van der Waals surface area contributed by atoms with Crippen molar-refractivity contribution in [2.75, 3.05) is 28.3 Å². The molecule has 1 amide bonds. The molecule has 6 nitrogen and oxygen atoms in total. The van der Waals surface area contributed by atoms with E-state index in [0.717, 1.165) is 22.8 Å². The molecule has 146 valence electrons. The molecule has 2 N–H and O–H groups in total. The molecule has 0 aliphatic rings. The lowest BCUT2D eigenvalue weighted by Crippen LogP contribution is -2.38. The second-order valence-electron chi connectivity index (χ2n) is 5.84. The van der Waals surface area contributed by atoms with E-state index in [-0.39, 0.29) is 29.9 Å². The standard InChI is InChI=1S/C20H26N4O2.HI/c1-21-19(25)16-11-9-15(10-12-16)13-23-20(22-2)24(3)14-17-7-5-6-8-18(17)26-4;/h5-12H,13-14H2,1-4H3,(H,21,25)(H,22,23);1H. The fraction of sp³-hybridized carbons (Fsp3) is 0.300. The Morgan fingerprint density at radius 3 is 2.41 bits per heavy atom. The zero-order chi connectivity index (χ0) is 18.9. The minimum Gasteiger partial charge on any atom is -0.496 e. The Kier molecular flexibility index (Phi) is 9.63. The summed E-state index contributed by atoms with van der Waals surface area (Å²) < 4.78 is 5.41. The molecule has 0 spiro atoms. The van der Waals surface area contributed by atoms with Crippen LogP contribution in [0.25, 0.3) is 0 Å². The number of carbonyl (C=O) groups excluding carboxylic acids is 1. The van der Waals surface area contributed by atoms with Crippen LogP contribution in [0.3, 0.4) is 0 Å². The predicted molar refractivity (Wildman–Crippen MR) is 120 cm³/mol. The lowest BCUT2D eigenvalue weighted by molar-refractivity contribution is 0.0963. The third-order valence-electron chi connectivity index (χ3n) is 4.07. The van der Waals surface area contributed by atoms with Gasteiger partial charge in [-0.15, -0.1) is 24.0 Å². The fourth-order valence-corrected chi connectivity index (χ4v) is 2.65. The van der Waals surface area contributed by atoms with Crippen LogP contribution in [0.15, 0.2) is 53.5 Å². The van der Waals surface area contributed by atoms with E-state index >= 15 is 0 Å². The van der Waals surface area contributed by atoms with E-state index in [2.05, 4.69) is 15.6 Å². The van der Waals surface area contributed by atoms with Gasteiger partial charge in [0.1, 0.15) is 5.75 Å². The van der Waals surface area contributed by atoms with E-state index in [9.17, 15) is 4.79 Å². The van der Waals surface area contributed by atoms with Gasteiger partial charge in [0.15, 0.2) is 5.96 Å². The average molecular weight is 482 g/mol. The van der Waals surface area contributed by atoms with E-state index in [1.165, 1.54) is 0 Å². The van der Waals surface area contributed by atoms with Crippen molar-refractivity contribution < 1.29 is 9.53 Å². The smallest absolute Gasteiger partial charge is 0.251 e. The zero-order valence-corrected chi connectivity index (χ0v) is 18.5. The summed E-state index contributed by atoms with van der Waals surface area (Å²) in [7, 11) is 7.04. The van der Waals surface area contributed by atoms with E-state index < -0.39 is 0 Å². The average Bonchev–Trinajstić information content (AvgIpc) is 2.68. The molecule has 0 fully saturated rings. The van der Waals surface area contributed by atoms with Crippen molar-refractivity contribution in [3.63, 3.8) is 0 Å². The molecule has 2 aromatic carbocycles. The number of halogens is 1. The molecule has 0 aliphatic carbocycles. The van der Waals surface area contributed by atoms with Gasteiger partial charge in [-0.3, -0.25) is 9.79 Å². The number of para-hydroxylation sites is 1. The highest BCUT2D eigenvalue weighted by atomic mass is 127. The number of hydrogen-bond donors (Lipinski definition) is 2.